The summed E-state index contributed by atoms with van der Waals surface area (Å²) in [5.41, 5.74) is 3.25. The molecule has 0 aromatic rings. The van der Waals surface area contributed by atoms with Gasteiger partial charge in [-0.15, -0.1) is 0 Å². The van der Waals surface area contributed by atoms with Crippen LogP contribution in [0, 0.1) is 0 Å². The molecule has 1 heteroatoms. The van der Waals surface area contributed by atoms with E-state index in [4.69, 9.17) is 0 Å². The van der Waals surface area contributed by atoms with Gasteiger partial charge in [0.15, 0.2) is 0 Å². The average Bonchev–Trinajstić information content (AvgIpc) is 2.06. The van der Waals surface area contributed by atoms with Crippen LogP contribution in [0.3, 0.4) is 0 Å². The lowest BCUT2D eigenvalue weighted by Gasteiger charge is -2.27. The molecule has 0 aromatic carbocycles. The van der Waals surface area contributed by atoms with Gasteiger partial charge in [0, 0.05) is 6.04 Å². The molecule has 1 heterocycles. The average molecular weight is 149 g/mol. The highest BCUT2D eigenvalue weighted by atomic mass is 14.9. The first kappa shape index (κ1) is 6.96. The fourth-order valence-corrected chi connectivity index (χ4v) is 2.03. The summed E-state index contributed by atoms with van der Waals surface area (Å²) in [6.07, 6.45) is 9.73. The lowest BCUT2D eigenvalue weighted by molar-refractivity contribution is 0.592. The molecule has 0 amide bonds. The summed E-state index contributed by atoms with van der Waals surface area (Å²) in [6.45, 7) is 2.25. The Morgan fingerprint density at radius 1 is 1.36 bits per heavy atom. The van der Waals surface area contributed by atoms with E-state index in [9.17, 15) is 0 Å². The SMILES string of the molecule is CC1NC=CC2=C1CCCC2. The number of dihydropyridines is 1. The van der Waals surface area contributed by atoms with Crippen molar-refractivity contribution >= 4 is 0 Å². The van der Waals surface area contributed by atoms with Crippen molar-refractivity contribution < 1.29 is 0 Å². The summed E-state index contributed by atoms with van der Waals surface area (Å²) in [5.74, 6) is 0. The topological polar surface area (TPSA) is 12.0 Å². The van der Waals surface area contributed by atoms with Gasteiger partial charge in [-0.1, -0.05) is 0 Å². The maximum absolute atomic E-state index is 3.34. The molecule has 0 aromatic heterocycles. The van der Waals surface area contributed by atoms with Crippen molar-refractivity contribution in [3.05, 3.63) is 23.4 Å². The highest BCUT2D eigenvalue weighted by Gasteiger charge is 2.17. The van der Waals surface area contributed by atoms with Crippen molar-refractivity contribution in [2.75, 3.05) is 0 Å². The highest BCUT2D eigenvalue weighted by Crippen LogP contribution is 2.29. The Balaban J connectivity index is 2.27. The molecule has 1 atom stereocenters. The maximum atomic E-state index is 3.34. The van der Waals surface area contributed by atoms with Crippen molar-refractivity contribution in [3.8, 4) is 0 Å². The molecule has 1 aliphatic heterocycles. The fourth-order valence-electron chi connectivity index (χ4n) is 2.03. The number of allylic oxidation sites excluding steroid dienone is 2. The van der Waals surface area contributed by atoms with Crippen LogP contribution in [0.1, 0.15) is 32.6 Å². The Bertz CT molecular complexity index is 213. The Kier molecular flexibility index (Phi) is 1.72. The molecule has 2 rings (SSSR count). The Morgan fingerprint density at radius 2 is 2.18 bits per heavy atom. The monoisotopic (exact) mass is 149 g/mol. The zero-order valence-electron chi connectivity index (χ0n) is 7.06. The Morgan fingerprint density at radius 3 is 3.00 bits per heavy atom. The van der Waals surface area contributed by atoms with E-state index < -0.39 is 0 Å². The second kappa shape index (κ2) is 2.72. The second-order valence-corrected chi connectivity index (χ2v) is 3.48. The third kappa shape index (κ3) is 1.20. The van der Waals surface area contributed by atoms with E-state index in [2.05, 4.69) is 24.5 Å². The number of hydrogen-bond donors (Lipinski definition) is 1. The van der Waals surface area contributed by atoms with Crippen molar-refractivity contribution in [2.24, 2.45) is 0 Å². The van der Waals surface area contributed by atoms with E-state index >= 15 is 0 Å². The number of nitrogens with one attached hydrogen (secondary N) is 1. The minimum Gasteiger partial charge on any atom is -0.385 e. The zero-order valence-corrected chi connectivity index (χ0v) is 7.06. The van der Waals surface area contributed by atoms with Crippen molar-refractivity contribution in [1.82, 2.24) is 5.32 Å². The lowest BCUT2D eigenvalue weighted by atomic mass is 9.86. The molecule has 0 saturated carbocycles. The summed E-state index contributed by atoms with van der Waals surface area (Å²) in [5, 5.41) is 3.34. The van der Waals surface area contributed by atoms with Crippen LogP contribution in [0.4, 0.5) is 0 Å². The summed E-state index contributed by atoms with van der Waals surface area (Å²) in [4.78, 5) is 0. The molecule has 0 spiro atoms. The molecule has 1 nitrogen and oxygen atoms in total. The summed E-state index contributed by atoms with van der Waals surface area (Å²) < 4.78 is 0. The molecular weight excluding hydrogens is 134 g/mol. The van der Waals surface area contributed by atoms with Gasteiger partial charge in [-0.05, 0) is 56.0 Å². The van der Waals surface area contributed by atoms with E-state index in [-0.39, 0.29) is 0 Å². The fraction of sp³-hybridized carbons (Fsp3) is 0.600. The van der Waals surface area contributed by atoms with Crippen LogP contribution in [0.15, 0.2) is 23.4 Å². The van der Waals surface area contributed by atoms with Gasteiger partial charge in [0.25, 0.3) is 0 Å². The van der Waals surface area contributed by atoms with Gasteiger partial charge >= 0.3 is 0 Å². The molecule has 0 bridgehead atoms. The van der Waals surface area contributed by atoms with Crippen LogP contribution in [0.2, 0.25) is 0 Å². The minimum absolute atomic E-state index is 0.593. The molecule has 0 saturated heterocycles. The number of hydrogen-bond acceptors (Lipinski definition) is 1. The number of rotatable bonds is 0. The minimum atomic E-state index is 0.593. The van der Waals surface area contributed by atoms with Gasteiger partial charge in [0.05, 0.1) is 0 Å². The zero-order chi connectivity index (χ0) is 7.68. The van der Waals surface area contributed by atoms with Gasteiger partial charge in [-0.25, -0.2) is 0 Å². The van der Waals surface area contributed by atoms with Crippen molar-refractivity contribution in [2.45, 2.75) is 38.6 Å². The predicted molar refractivity (Wildman–Crippen MR) is 47.2 cm³/mol. The first-order valence-corrected chi connectivity index (χ1v) is 4.52. The predicted octanol–water partition coefficient (Wildman–Crippen LogP) is 2.36. The van der Waals surface area contributed by atoms with E-state index in [1.54, 1.807) is 11.1 Å². The smallest absolute Gasteiger partial charge is 0.0445 e. The summed E-state index contributed by atoms with van der Waals surface area (Å²) in [6, 6.07) is 0.593. The van der Waals surface area contributed by atoms with Crippen LogP contribution < -0.4 is 5.32 Å². The largest absolute Gasteiger partial charge is 0.385 e. The van der Waals surface area contributed by atoms with Gasteiger partial charge in [-0.2, -0.15) is 0 Å². The summed E-state index contributed by atoms with van der Waals surface area (Å²) >= 11 is 0. The van der Waals surface area contributed by atoms with Crippen molar-refractivity contribution in [1.29, 1.82) is 0 Å². The normalized spacial score (nSPS) is 29.7. The Labute approximate surface area is 68.2 Å². The van der Waals surface area contributed by atoms with Crippen LogP contribution >= 0.6 is 0 Å². The standard InChI is InChI=1S/C10H15N/c1-8-10-5-3-2-4-9(10)6-7-11-8/h6-8,11H,2-5H2,1H3. The van der Waals surface area contributed by atoms with E-state index in [0.29, 0.717) is 6.04 Å². The van der Waals surface area contributed by atoms with Crippen LogP contribution in [0.5, 0.6) is 0 Å². The van der Waals surface area contributed by atoms with Gasteiger partial charge < -0.3 is 5.32 Å². The molecule has 11 heavy (non-hydrogen) atoms. The molecule has 0 radical (unpaired) electrons. The first-order valence-electron chi connectivity index (χ1n) is 4.52. The van der Waals surface area contributed by atoms with Gasteiger partial charge in [-0.3, -0.25) is 0 Å². The second-order valence-electron chi connectivity index (χ2n) is 3.48. The van der Waals surface area contributed by atoms with E-state index in [1.807, 2.05) is 0 Å². The van der Waals surface area contributed by atoms with Gasteiger partial charge in [0.1, 0.15) is 0 Å². The maximum Gasteiger partial charge on any atom is 0.0445 e. The molecule has 1 aliphatic carbocycles. The lowest BCUT2D eigenvalue weighted by Crippen LogP contribution is -2.27. The van der Waals surface area contributed by atoms with Crippen LogP contribution in [-0.4, -0.2) is 6.04 Å². The van der Waals surface area contributed by atoms with E-state index in [1.165, 1.54) is 25.7 Å². The Hall–Kier alpha value is -0.720. The molecule has 60 valence electrons. The van der Waals surface area contributed by atoms with Gasteiger partial charge in [0.2, 0.25) is 0 Å². The van der Waals surface area contributed by atoms with Crippen LogP contribution in [0.25, 0.3) is 0 Å². The molecule has 2 aliphatic rings. The highest BCUT2D eigenvalue weighted by molar-refractivity contribution is 5.33. The quantitative estimate of drug-likeness (QED) is 0.557. The van der Waals surface area contributed by atoms with Crippen LogP contribution in [-0.2, 0) is 0 Å². The van der Waals surface area contributed by atoms with E-state index in [0.717, 1.165) is 0 Å². The molecule has 0 fully saturated rings. The third-order valence-corrected chi connectivity index (χ3v) is 2.71. The first-order chi connectivity index (χ1) is 5.38. The summed E-state index contributed by atoms with van der Waals surface area (Å²) in [7, 11) is 0. The molecular formula is C10H15N. The van der Waals surface area contributed by atoms with Crippen molar-refractivity contribution in [3.63, 3.8) is 0 Å². The third-order valence-electron chi connectivity index (χ3n) is 2.71. The molecule has 1 N–H and O–H groups in total. The molecule has 1 unspecified atom stereocenters.